The van der Waals surface area contributed by atoms with Crippen LogP contribution in [0, 0.1) is 5.92 Å². The first-order valence-electron chi connectivity index (χ1n) is 8.80. The lowest BCUT2D eigenvalue weighted by atomic mass is 10.1. The van der Waals surface area contributed by atoms with Crippen LogP contribution in [0.4, 0.5) is 5.69 Å². The van der Waals surface area contributed by atoms with Crippen molar-refractivity contribution >= 4 is 27.6 Å². The molecule has 9 heteroatoms. The minimum absolute atomic E-state index is 0.0510. The van der Waals surface area contributed by atoms with Crippen molar-refractivity contribution in [3.63, 3.8) is 0 Å². The minimum atomic E-state index is -3.78. The van der Waals surface area contributed by atoms with Crippen molar-refractivity contribution < 1.29 is 13.2 Å². The van der Waals surface area contributed by atoms with Crippen molar-refractivity contribution in [2.24, 2.45) is 21.0 Å². The van der Waals surface area contributed by atoms with Crippen molar-refractivity contribution in [2.75, 3.05) is 31.0 Å². The molecule has 0 spiro atoms. The van der Waals surface area contributed by atoms with Gasteiger partial charge in [-0.25, -0.2) is 0 Å². The van der Waals surface area contributed by atoms with E-state index in [2.05, 4.69) is 32.9 Å². The fraction of sp³-hybridized carbons (Fsp3) is 0.529. The van der Waals surface area contributed by atoms with Gasteiger partial charge in [0.25, 0.3) is 0 Å². The Kier molecular flexibility index (Phi) is 5.36. The summed E-state index contributed by atoms with van der Waals surface area (Å²) in [5.74, 6) is 1.96. The molecule has 0 amide bonds. The van der Waals surface area contributed by atoms with Crippen LogP contribution in [0.1, 0.15) is 32.3 Å². The molecule has 1 saturated heterocycles. The molecule has 0 saturated carbocycles. The topological polar surface area (TPSA) is 109 Å². The van der Waals surface area contributed by atoms with E-state index in [1.165, 1.54) is 0 Å². The Morgan fingerprint density at radius 3 is 3.08 bits per heavy atom. The zero-order valence-electron chi connectivity index (χ0n) is 15.1. The molecule has 1 fully saturated rings. The van der Waals surface area contributed by atoms with Gasteiger partial charge in [0.1, 0.15) is 5.75 Å². The summed E-state index contributed by atoms with van der Waals surface area (Å²) in [5, 5.41) is 0. The predicted molar refractivity (Wildman–Crippen MR) is 103 cm³/mol. The number of nitrogens with zero attached hydrogens (tertiary/aromatic N) is 3. The number of anilines is 1. The number of hydrogen-bond acceptors (Lipinski definition) is 5. The van der Waals surface area contributed by atoms with Crippen LogP contribution in [0.3, 0.4) is 0 Å². The molecule has 8 nitrogen and oxygen atoms in total. The lowest BCUT2D eigenvalue weighted by Gasteiger charge is -2.21. The van der Waals surface area contributed by atoms with Crippen LogP contribution in [0.2, 0.25) is 0 Å². The first-order valence-corrected chi connectivity index (χ1v) is 10.2. The van der Waals surface area contributed by atoms with E-state index >= 15 is 0 Å². The van der Waals surface area contributed by atoms with E-state index in [-0.39, 0.29) is 5.84 Å². The zero-order chi connectivity index (χ0) is 18.7. The van der Waals surface area contributed by atoms with Gasteiger partial charge < -0.3 is 15.4 Å². The average Bonchev–Trinajstić information content (AvgIpc) is 3.05. The molecule has 2 aliphatic rings. The third kappa shape index (κ3) is 4.09. The van der Waals surface area contributed by atoms with Gasteiger partial charge in [-0.05, 0) is 31.9 Å². The summed E-state index contributed by atoms with van der Waals surface area (Å²) in [7, 11) is -3.78. The third-order valence-corrected chi connectivity index (χ3v) is 5.44. The number of nitrogens with two attached hydrogens (primary N) is 1. The van der Waals surface area contributed by atoms with Crippen molar-refractivity contribution in [3.05, 3.63) is 23.8 Å². The van der Waals surface area contributed by atoms with Crippen LogP contribution in [0.25, 0.3) is 0 Å². The Hall–Kier alpha value is -2.29. The quantitative estimate of drug-likeness (QED) is 0.596. The fourth-order valence-electron chi connectivity index (χ4n) is 3.18. The van der Waals surface area contributed by atoms with Crippen LogP contribution in [-0.2, 0) is 10.2 Å². The molecular formula is C17H25N5O3S. The number of fused-ring (bicyclic) bond motifs is 1. The molecule has 26 heavy (non-hydrogen) atoms. The largest absolute Gasteiger partial charge is 0.492 e. The summed E-state index contributed by atoms with van der Waals surface area (Å²) in [6.07, 6.45) is 2.08. The molecular weight excluding hydrogens is 354 g/mol. The molecule has 0 bridgehead atoms. The van der Waals surface area contributed by atoms with Gasteiger partial charge in [-0.15, -0.1) is 4.40 Å². The van der Waals surface area contributed by atoms with Crippen LogP contribution in [0.15, 0.2) is 27.6 Å². The second-order valence-electron chi connectivity index (χ2n) is 6.57. The molecule has 1 aromatic carbocycles. The van der Waals surface area contributed by atoms with Gasteiger partial charge in [-0.3, -0.25) is 9.71 Å². The highest BCUT2D eigenvalue weighted by Gasteiger charge is 2.27. The molecule has 1 atom stereocenters. The number of aliphatic imine (C=N–C) groups is 1. The van der Waals surface area contributed by atoms with Gasteiger partial charge in [0.05, 0.1) is 23.7 Å². The third-order valence-electron chi connectivity index (χ3n) is 4.52. The first-order chi connectivity index (χ1) is 12.4. The van der Waals surface area contributed by atoms with Crippen molar-refractivity contribution in [3.8, 4) is 5.75 Å². The van der Waals surface area contributed by atoms with E-state index in [9.17, 15) is 8.42 Å². The molecule has 0 aliphatic carbocycles. The van der Waals surface area contributed by atoms with Crippen molar-refractivity contribution in [1.82, 2.24) is 4.90 Å². The van der Waals surface area contributed by atoms with Crippen LogP contribution >= 0.6 is 0 Å². The molecule has 3 N–H and O–H groups in total. The Balaban J connectivity index is 1.65. The fourth-order valence-corrected chi connectivity index (χ4v) is 4.03. The maximum atomic E-state index is 11.6. The smallest absolute Gasteiger partial charge is 0.344 e. The normalized spacial score (nSPS) is 21.8. The molecule has 1 unspecified atom stereocenters. The first kappa shape index (κ1) is 18.5. The van der Waals surface area contributed by atoms with E-state index in [0.717, 1.165) is 38.3 Å². The van der Waals surface area contributed by atoms with Gasteiger partial charge in [0, 0.05) is 25.6 Å². The Labute approximate surface area is 154 Å². The maximum Gasteiger partial charge on any atom is 0.344 e. The standard InChI is InChI=1S/C17H25N5O3S/c1-3-8-19-12(2)22-9-7-13(10-22)11-25-15-6-4-5-14-16(15)17(18)21-26(23,24)20-14/h4-6,13,20H,3,7-11H2,1-2H3,(H2,18,21). The van der Waals surface area contributed by atoms with Gasteiger partial charge in [-0.2, -0.15) is 8.42 Å². The monoisotopic (exact) mass is 379 g/mol. The number of amidine groups is 2. The summed E-state index contributed by atoms with van der Waals surface area (Å²) >= 11 is 0. The Morgan fingerprint density at radius 1 is 1.50 bits per heavy atom. The molecule has 2 heterocycles. The average molecular weight is 379 g/mol. The molecule has 142 valence electrons. The number of rotatable bonds is 5. The van der Waals surface area contributed by atoms with E-state index < -0.39 is 10.2 Å². The van der Waals surface area contributed by atoms with Gasteiger partial charge in [0.2, 0.25) is 0 Å². The summed E-state index contributed by atoms with van der Waals surface area (Å²) in [5.41, 5.74) is 6.73. The highest BCUT2D eigenvalue weighted by molar-refractivity contribution is 7.91. The number of nitrogens with one attached hydrogen (secondary N) is 1. The number of benzene rings is 1. The van der Waals surface area contributed by atoms with E-state index in [4.69, 9.17) is 10.5 Å². The van der Waals surface area contributed by atoms with E-state index in [1.54, 1.807) is 18.2 Å². The van der Waals surface area contributed by atoms with Crippen molar-refractivity contribution in [1.29, 1.82) is 0 Å². The highest BCUT2D eigenvalue weighted by atomic mass is 32.2. The lowest BCUT2D eigenvalue weighted by molar-refractivity contribution is 0.254. The summed E-state index contributed by atoms with van der Waals surface area (Å²) in [4.78, 5) is 6.85. The van der Waals surface area contributed by atoms with E-state index in [1.807, 2.05) is 0 Å². The number of hydrogen-bond donors (Lipinski definition) is 2. The Morgan fingerprint density at radius 2 is 2.31 bits per heavy atom. The summed E-state index contributed by atoms with van der Waals surface area (Å²) < 4.78 is 35.1. The lowest BCUT2D eigenvalue weighted by Crippen LogP contribution is -2.28. The summed E-state index contributed by atoms with van der Waals surface area (Å²) in [6, 6.07) is 5.16. The summed E-state index contributed by atoms with van der Waals surface area (Å²) in [6.45, 7) is 7.44. The van der Waals surface area contributed by atoms with Crippen LogP contribution < -0.4 is 15.2 Å². The highest BCUT2D eigenvalue weighted by Crippen LogP contribution is 2.31. The van der Waals surface area contributed by atoms with Crippen LogP contribution in [0.5, 0.6) is 5.75 Å². The molecule has 0 radical (unpaired) electrons. The molecule has 2 aliphatic heterocycles. The van der Waals surface area contributed by atoms with Crippen molar-refractivity contribution in [2.45, 2.75) is 26.7 Å². The van der Waals surface area contributed by atoms with E-state index in [0.29, 0.717) is 29.5 Å². The maximum absolute atomic E-state index is 11.6. The molecule has 0 aromatic heterocycles. The van der Waals surface area contributed by atoms with Gasteiger partial charge in [-0.1, -0.05) is 13.0 Å². The SMILES string of the molecule is CCCN=C(C)N1CCC(COc2cccc3c2C(N)=NS(=O)(=O)N3)C1. The van der Waals surface area contributed by atoms with Gasteiger partial charge in [0.15, 0.2) is 5.84 Å². The molecule has 1 aromatic rings. The second kappa shape index (κ2) is 7.53. The Bertz CT molecular complexity index is 835. The zero-order valence-corrected chi connectivity index (χ0v) is 15.9. The van der Waals surface area contributed by atoms with Crippen LogP contribution in [-0.4, -0.2) is 51.2 Å². The predicted octanol–water partition coefficient (Wildman–Crippen LogP) is 1.59. The van der Waals surface area contributed by atoms with Gasteiger partial charge >= 0.3 is 10.2 Å². The molecule has 3 rings (SSSR count). The second-order valence-corrected chi connectivity index (χ2v) is 7.91. The minimum Gasteiger partial charge on any atom is -0.492 e. The number of ether oxygens (including phenoxy) is 1. The number of likely N-dealkylation sites (tertiary alicyclic amines) is 1.